The number of fused-ring (bicyclic) bond motifs is 1. The van der Waals surface area contributed by atoms with Gasteiger partial charge in [-0.15, -0.1) is 0 Å². The molecule has 9 heteroatoms. The van der Waals surface area contributed by atoms with E-state index in [-0.39, 0.29) is 29.1 Å². The zero-order valence-electron chi connectivity index (χ0n) is 12.0. The van der Waals surface area contributed by atoms with Gasteiger partial charge in [-0.2, -0.15) is 4.98 Å². The third kappa shape index (κ3) is 2.95. The van der Waals surface area contributed by atoms with Gasteiger partial charge in [0.25, 0.3) is 0 Å². The molecule has 3 rings (SSSR count). The van der Waals surface area contributed by atoms with Gasteiger partial charge in [-0.25, -0.2) is 4.98 Å². The van der Waals surface area contributed by atoms with Crippen molar-refractivity contribution in [1.82, 2.24) is 14.5 Å². The number of nitrogen functional groups attached to an aromatic ring is 1. The molecule has 8 nitrogen and oxygen atoms in total. The van der Waals surface area contributed by atoms with Gasteiger partial charge in [0.15, 0.2) is 5.65 Å². The Bertz CT molecular complexity index is 756. The SMILES string of the molecule is CC(=O)OCC[C@@H]1CC[C@H](n2c(=O)sc3cnc(N)nc32)O1. The molecule has 118 valence electrons. The summed E-state index contributed by atoms with van der Waals surface area (Å²) in [4.78, 5) is 30.8. The van der Waals surface area contributed by atoms with Crippen molar-refractivity contribution in [2.75, 3.05) is 12.3 Å². The minimum atomic E-state index is -0.363. The Hall–Kier alpha value is -2.00. The smallest absolute Gasteiger partial charge is 0.311 e. The maximum atomic E-state index is 12.2. The van der Waals surface area contributed by atoms with Gasteiger partial charge in [0.2, 0.25) is 5.95 Å². The normalized spacial score (nSPS) is 21.3. The van der Waals surface area contributed by atoms with E-state index in [0.717, 1.165) is 17.8 Å². The van der Waals surface area contributed by atoms with E-state index in [1.165, 1.54) is 11.5 Å². The van der Waals surface area contributed by atoms with Gasteiger partial charge in [-0.1, -0.05) is 11.3 Å². The predicted molar refractivity (Wildman–Crippen MR) is 80.5 cm³/mol. The molecule has 0 spiro atoms. The summed E-state index contributed by atoms with van der Waals surface area (Å²) in [6, 6.07) is 0. The van der Waals surface area contributed by atoms with Crippen LogP contribution in [0.1, 0.15) is 32.4 Å². The van der Waals surface area contributed by atoms with E-state index in [1.54, 1.807) is 6.20 Å². The zero-order valence-corrected chi connectivity index (χ0v) is 12.8. The Balaban J connectivity index is 1.75. The fourth-order valence-electron chi connectivity index (χ4n) is 2.53. The topological polar surface area (TPSA) is 109 Å². The average molecular weight is 324 g/mol. The summed E-state index contributed by atoms with van der Waals surface area (Å²) in [5.74, 6) is -0.176. The molecule has 0 bridgehead atoms. The third-order valence-electron chi connectivity index (χ3n) is 3.50. The van der Waals surface area contributed by atoms with Crippen LogP contribution in [0.3, 0.4) is 0 Å². The molecule has 0 radical (unpaired) electrons. The Morgan fingerprint density at radius 2 is 2.41 bits per heavy atom. The molecule has 22 heavy (non-hydrogen) atoms. The summed E-state index contributed by atoms with van der Waals surface area (Å²) in [5.41, 5.74) is 6.11. The molecule has 1 fully saturated rings. The predicted octanol–water partition coefficient (Wildman–Crippen LogP) is 1.07. The van der Waals surface area contributed by atoms with Crippen molar-refractivity contribution in [2.45, 2.75) is 38.5 Å². The molecule has 0 aliphatic carbocycles. The number of anilines is 1. The fourth-order valence-corrected chi connectivity index (χ4v) is 3.36. The number of rotatable bonds is 4. The first-order valence-electron chi connectivity index (χ1n) is 6.97. The minimum Gasteiger partial charge on any atom is -0.466 e. The molecular weight excluding hydrogens is 308 g/mol. The second-order valence-electron chi connectivity index (χ2n) is 5.07. The van der Waals surface area contributed by atoms with Crippen molar-refractivity contribution in [3.8, 4) is 0 Å². The molecular formula is C13H16N4O4S. The highest BCUT2D eigenvalue weighted by Crippen LogP contribution is 2.31. The second kappa shape index (κ2) is 6.01. The molecule has 1 aliphatic rings. The Morgan fingerprint density at radius 1 is 1.59 bits per heavy atom. The van der Waals surface area contributed by atoms with Crippen molar-refractivity contribution in [3.05, 3.63) is 15.9 Å². The Labute approximate surface area is 129 Å². The van der Waals surface area contributed by atoms with E-state index in [9.17, 15) is 9.59 Å². The van der Waals surface area contributed by atoms with Crippen molar-refractivity contribution >= 4 is 33.6 Å². The lowest BCUT2D eigenvalue weighted by molar-refractivity contribution is -0.141. The summed E-state index contributed by atoms with van der Waals surface area (Å²) in [6.45, 7) is 1.70. The molecule has 3 heterocycles. The molecule has 2 N–H and O–H groups in total. The summed E-state index contributed by atoms with van der Waals surface area (Å²) in [5, 5.41) is 0. The van der Waals surface area contributed by atoms with Gasteiger partial charge in [0, 0.05) is 13.3 Å². The summed E-state index contributed by atoms with van der Waals surface area (Å²) in [7, 11) is 0. The monoisotopic (exact) mass is 324 g/mol. The lowest BCUT2D eigenvalue weighted by Gasteiger charge is -2.14. The third-order valence-corrected chi connectivity index (χ3v) is 4.37. The van der Waals surface area contributed by atoms with Crippen LogP contribution in [0.2, 0.25) is 0 Å². The van der Waals surface area contributed by atoms with Crippen LogP contribution in [0.4, 0.5) is 5.95 Å². The molecule has 1 aliphatic heterocycles. The number of hydrogen-bond donors (Lipinski definition) is 1. The van der Waals surface area contributed by atoms with Crippen molar-refractivity contribution in [3.63, 3.8) is 0 Å². The molecule has 1 saturated heterocycles. The van der Waals surface area contributed by atoms with Crippen LogP contribution in [0, 0.1) is 0 Å². The van der Waals surface area contributed by atoms with Crippen molar-refractivity contribution in [2.24, 2.45) is 0 Å². The van der Waals surface area contributed by atoms with Crippen LogP contribution in [0.15, 0.2) is 11.0 Å². The summed E-state index contributed by atoms with van der Waals surface area (Å²) in [6.07, 6.45) is 3.27. The molecule has 2 aromatic rings. The lowest BCUT2D eigenvalue weighted by atomic mass is 10.2. The number of nitrogens with two attached hydrogens (primary N) is 1. The number of nitrogens with zero attached hydrogens (tertiary/aromatic N) is 3. The van der Waals surface area contributed by atoms with Crippen LogP contribution >= 0.6 is 11.3 Å². The number of thiazole rings is 1. The molecule has 0 aromatic carbocycles. The number of esters is 1. The van der Waals surface area contributed by atoms with E-state index < -0.39 is 0 Å². The van der Waals surface area contributed by atoms with E-state index in [0.29, 0.717) is 29.8 Å². The average Bonchev–Trinajstić information content (AvgIpc) is 3.01. The number of carbonyl (C=O) groups excluding carboxylic acids is 1. The second-order valence-corrected chi connectivity index (χ2v) is 6.07. The summed E-state index contributed by atoms with van der Waals surface area (Å²) < 4.78 is 13.0. The van der Waals surface area contributed by atoms with E-state index >= 15 is 0 Å². The number of aromatic nitrogens is 3. The number of hydrogen-bond acceptors (Lipinski definition) is 8. The van der Waals surface area contributed by atoms with Crippen LogP contribution in [0.5, 0.6) is 0 Å². The van der Waals surface area contributed by atoms with Gasteiger partial charge in [-0.05, 0) is 12.8 Å². The quantitative estimate of drug-likeness (QED) is 0.838. The molecule has 0 saturated carbocycles. The standard InChI is InChI=1S/C13H16N4O4S/c1-7(18)20-5-4-8-2-3-10(21-8)17-11-9(22-13(17)19)6-15-12(14)16-11/h6,8,10H,2-5H2,1H3,(H2,14,15,16)/t8-,10+/m0/s1. The van der Waals surface area contributed by atoms with E-state index in [1.807, 2.05) is 0 Å². The summed E-state index contributed by atoms with van der Waals surface area (Å²) >= 11 is 1.07. The van der Waals surface area contributed by atoms with Crippen molar-refractivity contribution in [1.29, 1.82) is 0 Å². The highest BCUT2D eigenvalue weighted by Gasteiger charge is 2.29. The maximum absolute atomic E-state index is 12.2. The molecule has 2 aromatic heterocycles. The Kier molecular flexibility index (Phi) is 4.08. The largest absolute Gasteiger partial charge is 0.466 e. The lowest BCUT2D eigenvalue weighted by Crippen LogP contribution is -2.21. The minimum absolute atomic E-state index is 0.0367. The molecule has 0 unspecified atom stereocenters. The van der Waals surface area contributed by atoms with Crippen LogP contribution in [-0.2, 0) is 14.3 Å². The first-order chi connectivity index (χ1) is 10.5. The first-order valence-corrected chi connectivity index (χ1v) is 7.78. The van der Waals surface area contributed by atoms with Crippen LogP contribution in [0.25, 0.3) is 10.3 Å². The van der Waals surface area contributed by atoms with Crippen molar-refractivity contribution < 1.29 is 14.3 Å². The maximum Gasteiger partial charge on any atom is 0.311 e. The van der Waals surface area contributed by atoms with Crippen LogP contribution in [-0.4, -0.2) is 33.2 Å². The van der Waals surface area contributed by atoms with E-state index in [2.05, 4.69) is 9.97 Å². The van der Waals surface area contributed by atoms with Gasteiger partial charge < -0.3 is 15.2 Å². The van der Waals surface area contributed by atoms with E-state index in [4.69, 9.17) is 15.2 Å². The van der Waals surface area contributed by atoms with Crippen LogP contribution < -0.4 is 10.6 Å². The molecule has 0 amide bonds. The number of ether oxygens (including phenoxy) is 2. The first kappa shape index (κ1) is 14.9. The van der Waals surface area contributed by atoms with Gasteiger partial charge in [0.05, 0.1) is 23.6 Å². The zero-order chi connectivity index (χ0) is 15.7. The molecule has 2 atom stereocenters. The van der Waals surface area contributed by atoms with Gasteiger partial charge in [-0.3, -0.25) is 14.2 Å². The van der Waals surface area contributed by atoms with Gasteiger partial charge >= 0.3 is 10.8 Å². The van der Waals surface area contributed by atoms with Gasteiger partial charge in [0.1, 0.15) is 6.23 Å². The Morgan fingerprint density at radius 3 is 3.18 bits per heavy atom. The fraction of sp³-hybridized carbons (Fsp3) is 0.538. The number of carbonyl (C=O) groups is 1. The highest BCUT2D eigenvalue weighted by molar-refractivity contribution is 7.16. The highest BCUT2D eigenvalue weighted by atomic mass is 32.1.